The molecule has 0 amide bonds. The summed E-state index contributed by atoms with van der Waals surface area (Å²) in [5.41, 5.74) is 0.108. The van der Waals surface area contributed by atoms with E-state index in [1.54, 1.807) is 6.92 Å². The van der Waals surface area contributed by atoms with Crippen molar-refractivity contribution in [2.45, 2.75) is 26.4 Å². The van der Waals surface area contributed by atoms with Gasteiger partial charge in [-0.05, 0) is 6.92 Å². The smallest absolute Gasteiger partial charge is 0.139 e. The van der Waals surface area contributed by atoms with E-state index in [1.807, 2.05) is 13.8 Å². The van der Waals surface area contributed by atoms with Crippen molar-refractivity contribution >= 4 is 11.6 Å². The van der Waals surface area contributed by atoms with Gasteiger partial charge in [0.2, 0.25) is 0 Å². The maximum Gasteiger partial charge on any atom is 0.139 e. The molecule has 0 aromatic rings. The second-order valence-electron chi connectivity index (χ2n) is 3.72. The third kappa shape index (κ3) is 1.14. The SMILES string of the molecule is CC1(C)CO/C(=C\Cl)C1(C)O. The van der Waals surface area contributed by atoms with E-state index in [4.69, 9.17) is 16.3 Å². The van der Waals surface area contributed by atoms with Crippen LogP contribution in [0.3, 0.4) is 0 Å². The van der Waals surface area contributed by atoms with Crippen LogP contribution in [-0.2, 0) is 4.74 Å². The summed E-state index contributed by atoms with van der Waals surface area (Å²) in [5.74, 6) is 0.462. The topological polar surface area (TPSA) is 29.5 Å². The molecule has 11 heavy (non-hydrogen) atoms. The molecule has 0 radical (unpaired) electrons. The maximum atomic E-state index is 9.90. The zero-order chi connectivity index (χ0) is 8.70. The van der Waals surface area contributed by atoms with Gasteiger partial charge in [0.05, 0.1) is 6.61 Å². The van der Waals surface area contributed by atoms with Crippen molar-refractivity contribution in [2.75, 3.05) is 6.61 Å². The summed E-state index contributed by atoms with van der Waals surface area (Å²) < 4.78 is 5.21. The number of hydrogen-bond donors (Lipinski definition) is 1. The maximum absolute atomic E-state index is 9.90. The summed E-state index contributed by atoms with van der Waals surface area (Å²) in [6.45, 7) is 6.12. The Morgan fingerprint density at radius 1 is 1.55 bits per heavy atom. The molecule has 1 saturated heterocycles. The Labute approximate surface area is 71.8 Å². The highest BCUT2D eigenvalue weighted by Crippen LogP contribution is 2.43. The van der Waals surface area contributed by atoms with E-state index in [1.165, 1.54) is 5.54 Å². The van der Waals surface area contributed by atoms with Crippen molar-refractivity contribution in [1.29, 1.82) is 0 Å². The average molecular weight is 177 g/mol. The first-order valence-electron chi connectivity index (χ1n) is 3.58. The van der Waals surface area contributed by atoms with Gasteiger partial charge in [-0.3, -0.25) is 0 Å². The summed E-state index contributed by atoms with van der Waals surface area (Å²) in [4.78, 5) is 0. The van der Waals surface area contributed by atoms with Crippen LogP contribution in [0.4, 0.5) is 0 Å². The van der Waals surface area contributed by atoms with Crippen LogP contribution in [0.2, 0.25) is 0 Å². The molecular formula is C8H13ClO2. The van der Waals surface area contributed by atoms with Gasteiger partial charge in [-0.1, -0.05) is 25.4 Å². The molecule has 1 unspecified atom stereocenters. The highest BCUT2D eigenvalue weighted by molar-refractivity contribution is 6.25. The van der Waals surface area contributed by atoms with Crippen molar-refractivity contribution in [3.8, 4) is 0 Å². The molecule has 2 nitrogen and oxygen atoms in total. The van der Waals surface area contributed by atoms with E-state index in [0.29, 0.717) is 12.4 Å². The molecule has 1 aliphatic rings. The molecule has 1 heterocycles. The first-order chi connectivity index (χ1) is 4.92. The van der Waals surface area contributed by atoms with Crippen LogP contribution in [0, 0.1) is 5.41 Å². The molecule has 0 aromatic carbocycles. The van der Waals surface area contributed by atoms with Crippen LogP contribution in [0.1, 0.15) is 20.8 Å². The summed E-state index contributed by atoms with van der Waals surface area (Å²) in [6.07, 6.45) is 0. The normalized spacial score (nSPS) is 39.2. The highest BCUT2D eigenvalue weighted by atomic mass is 35.5. The standard InChI is InChI=1S/C8H13ClO2/c1-7(2)5-11-6(4-9)8(7,3)10/h4,10H,5H2,1-3H3/b6-4-. The van der Waals surface area contributed by atoms with Gasteiger partial charge in [-0.2, -0.15) is 0 Å². The second kappa shape index (κ2) is 2.39. The number of aliphatic hydroxyl groups is 1. The predicted octanol–water partition coefficient (Wildman–Crippen LogP) is 1.87. The van der Waals surface area contributed by atoms with E-state index in [9.17, 15) is 5.11 Å². The zero-order valence-electron chi connectivity index (χ0n) is 7.02. The van der Waals surface area contributed by atoms with Crippen LogP contribution >= 0.6 is 11.6 Å². The Morgan fingerprint density at radius 3 is 2.27 bits per heavy atom. The molecular weight excluding hydrogens is 164 g/mol. The highest BCUT2D eigenvalue weighted by Gasteiger charge is 2.49. The molecule has 64 valence electrons. The fourth-order valence-electron chi connectivity index (χ4n) is 1.01. The van der Waals surface area contributed by atoms with Gasteiger partial charge in [-0.25, -0.2) is 0 Å². The Balaban J connectivity index is 2.99. The fraction of sp³-hybridized carbons (Fsp3) is 0.750. The van der Waals surface area contributed by atoms with Gasteiger partial charge >= 0.3 is 0 Å². The second-order valence-corrected chi connectivity index (χ2v) is 3.94. The van der Waals surface area contributed by atoms with Crippen molar-refractivity contribution in [3.63, 3.8) is 0 Å². The third-order valence-corrected chi connectivity index (χ3v) is 2.68. The molecule has 1 rings (SSSR count). The Bertz CT molecular complexity index is 194. The molecule has 1 N–H and O–H groups in total. The third-order valence-electron chi connectivity index (χ3n) is 2.49. The van der Waals surface area contributed by atoms with Crippen LogP contribution in [0.5, 0.6) is 0 Å². The van der Waals surface area contributed by atoms with Gasteiger partial charge in [-0.15, -0.1) is 0 Å². The number of halogens is 1. The van der Waals surface area contributed by atoms with Gasteiger partial charge < -0.3 is 9.84 Å². The van der Waals surface area contributed by atoms with Gasteiger partial charge in [0.1, 0.15) is 11.4 Å². The number of hydrogen-bond acceptors (Lipinski definition) is 2. The van der Waals surface area contributed by atoms with Crippen LogP contribution in [0.15, 0.2) is 11.3 Å². The number of ether oxygens (including phenoxy) is 1. The molecule has 0 aliphatic carbocycles. The molecule has 3 heteroatoms. The predicted molar refractivity (Wildman–Crippen MR) is 44.3 cm³/mol. The minimum absolute atomic E-state index is 0.256. The lowest BCUT2D eigenvalue weighted by Crippen LogP contribution is -2.39. The zero-order valence-corrected chi connectivity index (χ0v) is 7.77. The minimum Gasteiger partial charge on any atom is -0.493 e. The van der Waals surface area contributed by atoms with E-state index in [2.05, 4.69) is 0 Å². The molecule has 1 fully saturated rings. The number of rotatable bonds is 0. The summed E-state index contributed by atoms with van der Waals surface area (Å²) in [7, 11) is 0. The van der Waals surface area contributed by atoms with Crippen LogP contribution < -0.4 is 0 Å². The van der Waals surface area contributed by atoms with Crippen molar-refractivity contribution in [3.05, 3.63) is 11.3 Å². The lowest BCUT2D eigenvalue weighted by Gasteiger charge is -2.29. The molecule has 0 bridgehead atoms. The monoisotopic (exact) mass is 176 g/mol. The minimum atomic E-state index is -0.936. The lowest BCUT2D eigenvalue weighted by molar-refractivity contribution is 0.0101. The Morgan fingerprint density at radius 2 is 2.09 bits per heavy atom. The molecule has 0 aromatic heterocycles. The van der Waals surface area contributed by atoms with Crippen LogP contribution in [-0.4, -0.2) is 17.3 Å². The van der Waals surface area contributed by atoms with E-state index >= 15 is 0 Å². The first-order valence-corrected chi connectivity index (χ1v) is 4.01. The van der Waals surface area contributed by atoms with E-state index in [0.717, 1.165) is 0 Å². The van der Waals surface area contributed by atoms with Crippen LogP contribution in [0.25, 0.3) is 0 Å². The largest absolute Gasteiger partial charge is 0.493 e. The lowest BCUT2D eigenvalue weighted by atomic mass is 9.78. The van der Waals surface area contributed by atoms with Gasteiger partial charge in [0.15, 0.2) is 0 Å². The molecule has 1 aliphatic heterocycles. The summed E-state index contributed by atoms with van der Waals surface area (Å²) >= 11 is 5.47. The molecule has 1 atom stereocenters. The fourth-order valence-corrected chi connectivity index (χ4v) is 1.29. The van der Waals surface area contributed by atoms with Crippen molar-refractivity contribution in [1.82, 2.24) is 0 Å². The van der Waals surface area contributed by atoms with E-state index < -0.39 is 5.60 Å². The van der Waals surface area contributed by atoms with E-state index in [-0.39, 0.29) is 5.41 Å². The molecule has 0 spiro atoms. The summed E-state index contributed by atoms with van der Waals surface area (Å²) in [6, 6.07) is 0. The van der Waals surface area contributed by atoms with Crippen molar-refractivity contribution in [2.24, 2.45) is 5.41 Å². The van der Waals surface area contributed by atoms with Gasteiger partial charge in [0.25, 0.3) is 0 Å². The quantitative estimate of drug-likeness (QED) is 0.611. The Hall–Kier alpha value is -0.210. The average Bonchev–Trinajstić information content (AvgIpc) is 2.05. The summed E-state index contributed by atoms with van der Waals surface area (Å²) in [5, 5.41) is 9.90. The Kier molecular flexibility index (Phi) is 1.93. The van der Waals surface area contributed by atoms with Crippen molar-refractivity contribution < 1.29 is 9.84 Å². The van der Waals surface area contributed by atoms with Gasteiger partial charge in [0, 0.05) is 11.0 Å². The molecule has 0 saturated carbocycles. The first kappa shape index (κ1) is 8.88.